The maximum Gasteiger partial charge on any atom is 0.234 e. The first-order valence-corrected chi connectivity index (χ1v) is 5.56. The Kier molecular flexibility index (Phi) is 5.50. The molecular weight excluding hydrogens is 178 g/mol. The average molecular weight is 197 g/mol. The first-order chi connectivity index (χ1) is 6.84. The third-order valence-corrected chi connectivity index (χ3v) is 3.05. The summed E-state index contributed by atoms with van der Waals surface area (Å²) in [6, 6.07) is 0. The van der Waals surface area contributed by atoms with Gasteiger partial charge in [-0.15, -0.1) is 0 Å². The van der Waals surface area contributed by atoms with E-state index in [0.29, 0.717) is 18.9 Å². The summed E-state index contributed by atoms with van der Waals surface area (Å²) >= 11 is 0. The number of aliphatic hydroxyl groups excluding tert-OH is 1. The second-order valence-corrected chi connectivity index (χ2v) is 4.08. The number of nitrogens with zero attached hydrogens (tertiary/aromatic N) is 1. The van der Waals surface area contributed by atoms with E-state index >= 15 is 0 Å². The zero-order valence-corrected chi connectivity index (χ0v) is 8.61. The van der Waals surface area contributed by atoms with Gasteiger partial charge in [-0.25, -0.2) is 9.79 Å². The van der Waals surface area contributed by atoms with E-state index in [1.165, 1.54) is 31.8 Å². The molecule has 80 valence electrons. The van der Waals surface area contributed by atoms with Crippen LogP contribution in [-0.4, -0.2) is 23.8 Å². The van der Waals surface area contributed by atoms with E-state index in [1.54, 1.807) is 0 Å². The summed E-state index contributed by atoms with van der Waals surface area (Å²) < 4.78 is 0. The summed E-state index contributed by atoms with van der Waals surface area (Å²) in [5.74, 6) is 0.430. The lowest BCUT2D eigenvalue weighted by Crippen LogP contribution is -2.20. The van der Waals surface area contributed by atoms with Crippen LogP contribution in [0.25, 0.3) is 0 Å². The summed E-state index contributed by atoms with van der Waals surface area (Å²) in [5.41, 5.74) is 0. The van der Waals surface area contributed by atoms with Crippen molar-refractivity contribution >= 4 is 6.08 Å². The highest BCUT2D eigenvalue weighted by Crippen LogP contribution is 2.26. The number of carbonyl (C=O) groups excluding carboxylic acids is 1. The van der Waals surface area contributed by atoms with E-state index in [-0.39, 0.29) is 6.10 Å². The molecule has 0 spiro atoms. The van der Waals surface area contributed by atoms with Crippen molar-refractivity contribution in [2.75, 3.05) is 6.54 Å². The SMILES string of the molecule is O=C=NCCC(O)C1CCCCCC1. The molecule has 1 fully saturated rings. The molecule has 1 saturated carbocycles. The van der Waals surface area contributed by atoms with Gasteiger partial charge in [-0.05, 0) is 25.2 Å². The number of hydrogen-bond acceptors (Lipinski definition) is 3. The molecule has 1 aliphatic carbocycles. The van der Waals surface area contributed by atoms with E-state index < -0.39 is 0 Å². The highest BCUT2D eigenvalue weighted by Gasteiger charge is 2.19. The van der Waals surface area contributed by atoms with Crippen LogP contribution in [0, 0.1) is 5.92 Å². The molecule has 1 unspecified atom stereocenters. The molecule has 0 radical (unpaired) electrons. The summed E-state index contributed by atoms with van der Waals surface area (Å²) in [4.78, 5) is 13.3. The van der Waals surface area contributed by atoms with Crippen LogP contribution < -0.4 is 0 Å². The van der Waals surface area contributed by atoms with Gasteiger partial charge in [0.1, 0.15) is 0 Å². The maximum absolute atomic E-state index is 9.84. The van der Waals surface area contributed by atoms with Gasteiger partial charge in [0.2, 0.25) is 6.08 Å². The van der Waals surface area contributed by atoms with Crippen LogP contribution in [0.5, 0.6) is 0 Å². The normalized spacial score (nSPS) is 20.9. The molecule has 0 heterocycles. The van der Waals surface area contributed by atoms with E-state index in [0.717, 1.165) is 12.8 Å². The van der Waals surface area contributed by atoms with Crippen LogP contribution in [0.1, 0.15) is 44.9 Å². The van der Waals surface area contributed by atoms with Gasteiger partial charge in [0.05, 0.1) is 12.6 Å². The Bertz CT molecular complexity index is 191. The minimum absolute atomic E-state index is 0.273. The van der Waals surface area contributed by atoms with Gasteiger partial charge in [-0.3, -0.25) is 0 Å². The predicted octanol–water partition coefficient (Wildman–Crippen LogP) is 2.04. The molecule has 0 aromatic heterocycles. The fraction of sp³-hybridized carbons (Fsp3) is 0.909. The standard InChI is InChI=1S/C11H19NO2/c13-9-12-8-7-11(14)10-5-3-1-2-4-6-10/h10-11,14H,1-8H2. The molecule has 3 heteroatoms. The summed E-state index contributed by atoms with van der Waals surface area (Å²) in [5, 5.41) is 9.84. The molecule has 1 N–H and O–H groups in total. The van der Waals surface area contributed by atoms with Crippen molar-refractivity contribution in [3.8, 4) is 0 Å². The number of aliphatic hydroxyl groups is 1. The number of hydrogen-bond donors (Lipinski definition) is 1. The van der Waals surface area contributed by atoms with Crippen molar-refractivity contribution in [3.05, 3.63) is 0 Å². The minimum Gasteiger partial charge on any atom is -0.393 e. The molecule has 1 atom stereocenters. The smallest absolute Gasteiger partial charge is 0.234 e. The molecule has 0 aliphatic heterocycles. The monoisotopic (exact) mass is 197 g/mol. The van der Waals surface area contributed by atoms with E-state index in [1.807, 2.05) is 0 Å². The van der Waals surface area contributed by atoms with Crippen LogP contribution >= 0.6 is 0 Å². The fourth-order valence-corrected chi connectivity index (χ4v) is 2.17. The summed E-state index contributed by atoms with van der Waals surface area (Å²) in [7, 11) is 0. The van der Waals surface area contributed by atoms with Crippen molar-refractivity contribution in [2.24, 2.45) is 10.9 Å². The molecule has 0 saturated heterocycles. The average Bonchev–Trinajstić information content (AvgIpc) is 2.46. The van der Waals surface area contributed by atoms with E-state index in [4.69, 9.17) is 0 Å². The highest BCUT2D eigenvalue weighted by molar-refractivity contribution is 5.32. The topological polar surface area (TPSA) is 49.7 Å². The Morgan fingerprint density at radius 3 is 2.50 bits per heavy atom. The Labute approximate surface area is 85.2 Å². The van der Waals surface area contributed by atoms with Gasteiger partial charge in [0.15, 0.2) is 0 Å². The van der Waals surface area contributed by atoms with Gasteiger partial charge < -0.3 is 5.11 Å². The van der Waals surface area contributed by atoms with Gasteiger partial charge in [-0.2, -0.15) is 0 Å². The van der Waals surface area contributed by atoms with Crippen LogP contribution in [0.15, 0.2) is 4.99 Å². The van der Waals surface area contributed by atoms with Crippen LogP contribution in [0.2, 0.25) is 0 Å². The largest absolute Gasteiger partial charge is 0.393 e. The van der Waals surface area contributed by atoms with Crippen molar-refractivity contribution in [1.29, 1.82) is 0 Å². The minimum atomic E-state index is -0.273. The first-order valence-electron chi connectivity index (χ1n) is 5.56. The van der Waals surface area contributed by atoms with Crippen molar-refractivity contribution in [1.82, 2.24) is 0 Å². The van der Waals surface area contributed by atoms with Crippen molar-refractivity contribution in [2.45, 2.75) is 51.0 Å². The Hall–Kier alpha value is -0.660. The highest BCUT2D eigenvalue weighted by atomic mass is 16.3. The predicted molar refractivity (Wildman–Crippen MR) is 54.8 cm³/mol. The third-order valence-electron chi connectivity index (χ3n) is 3.05. The second kappa shape index (κ2) is 6.74. The van der Waals surface area contributed by atoms with Crippen LogP contribution in [-0.2, 0) is 4.79 Å². The summed E-state index contributed by atoms with van der Waals surface area (Å²) in [6.07, 6.45) is 9.17. The second-order valence-electron chi connectivity index (χ2n) is 4.08. The molecule has 0 aromatic rings. The van der Waals surface area contributed by atoms with E-state index in [2.05, 4.69) is 4.99 Å². The van der Waals surface area contributed by atoms with Gasteiger partial charge in [0.25, 0.3) is 0 Å². The quantitative estimate of drug-likeness (QED) is 0.426. The first kappa shape index (κ1) is 11.4. The number of rotatable bonds is 4. The van der Waals surface area contributed by atoms with Crippen LogP contribution in [0.4, 0.5) is 0 Å². The molecular formula is C11H19NO2. The Balaban J connectivity index is 2.26. The lowest BCUT2D eigenvalue weighted by atomic mass is 9.92. The molecule has 0 amide bonds. The Morgan fingerprint density at radius 2 is 1.93 bits per heavy atom. The van der Waals surface area contributed by atoms with Crippen molar-refractivity contribution in [3.63, 3.8) is 0 Å². The van der Waals surface area contributed by atoms with Gasteiger partial charge in [0, 0.05) is 0 Å². The lowest BCUT2D eigenvalue weighted by Gasteiger charge is -2.20. The van der Waals surface area contributed by atoms with E-state index in [9.17, 15) is 9.90 Å². The zero-order chi connectivity index (χ0) is 10.2. The third kappa shape index (κ3) is 4.03. The molecule has 1 rings (SSSR count). The summed E-state index contributed by atoms with van der Waals surface area (Å²) in [6.45, 7) is 0.418. The molecule has 14 heavy (non-hydrogen) atoms. The van der Waals surface area contributed by atoms with Crippen LogP contribution in [0.3, 0.4) is 0 Å². The van der Waals surface area contributed by atoms with Gasteiger partial charge >= 0.3 is 0 Å². The van der Waals surface area contributed by atoms with Crippen molar-refractivity contribution < 1.29 is 9.90 Å². The maximum atomic E-state index is 9.84. The molecule has 0 bridgehead atoms. The zero-order valence-electron chi connectivity index (χ0n) is 8.61. The molecule has 0 aromatic carbocycles. The van der Waals surface area contributed by atoms with Gasteiger partial charge in [-0.1, -0.05) is 25.7 Å². The molecule has 3 nitrogen and oxygen atoms in total. The number of isocyanates is 1. The Morgan fingerprint density at radius 1 is 1.29 bits per heavy atom. The molecule has 1 aliphatic rings. The fourth-order valence-electron chi connectivity index (χ4n) is 2.17. The lowest BCUT2D eigenvalue weighted by molar-refractivity contribution is 0.0925. The number of aliphatic imine (C=N–C) groups is 1.